The van der Waals surface area contributed by atoms with Gasteiger partial charge < -0.3 is 0 Å². The van der Waals surface area contributed by atoms with E-state index in [4.69, 9.17) is 0 Å². The number of hydrogen-bond donors (Lipinski definition) is 0. The Balaban J connectivity index is 0.000000671. The van der Waals surface area contributed by atoms with Crippen LogP contribution in [-0.2, 0) is 0 Å². The van der Waals surface area contributed by atoms with Crippen LogP contribution >= 0.6 is 0 Å². The van der Waals surface area contributed by atoms with Crippen LogP contribution in [-0.4, -0.2) is 0 Å². The first kappa shape index (κ1) is 11.7. The van der Waals surface area contributed by atoms with Gasteiger partial charge in [-0.1, -0.05) is 68.5 Å². The molecule has 1 aromatic carbocycles. The third-order valence-electron chi connectivity index (χ3n) is 1.52. The molecule has 0 bridgehead atoms. The van der Waals surface area contributed by atoms with Crippen LogP contribution in [0.5, 0.6) is 0 Å². The fraction of sp³-hybridized carbons (Fsp3) is 0.231. The Bertz CT molecular complexity index is 255. The van der Waals surface area contributed by atoms with Crippen molar-refractivity contribution in [3.05, 3.63) is 54.1 Å². The highest BCUT2D eigenvalue weighted by Crippen LogP contribution is 2.05. The second kappa shape index (κ2) is 7.35. The summed E-state index contributed by atoms with van der Waals surface area (Å²) >= 11 is 0. The molecule has 0 fully saturated rings. The standard InChI is InChI=1S/C11H12.C2H6/c1-3-10(2)9-11-7-5-4-6-8-11;1-2/h3-9H,1H2,2H3;1-2H3/b10-9+;. The topological polar surface area (TPSA) is 0 Å². The summed E-state index contributed by atoms with van der Waals surface area (Å²) in [5.74, 6) is 0. The summed E-state index contributed by atoms with van der Waals surface area (Å²) in [7, 11) is 0. The molecule has 70 valence electrons. The molecule has 1 aromatic rings. The SMILES string of the molecule is C=C/C(C)=C/c1ccccc1.CC. The smallest absolute Gasteiger partial charge is 0.0254 e. The lowest BCUT2D eigenvalue weighted by molar-refractivity contribution is 1.50. The summed E-state index contributed by atoms with van der Waals surface area (Å²) in [6.07, 6.45) is 3.96. The van der Waals surface area contributed by atoms with Crippen molar-refractivity contribution >= 4 is 6.08 Å². The zero-order valence-corrected chi connectivity index (χ0v) is 8.75. The van der Waals surface area contributed by atoms with Crippen molar-refractivity contribution in [3.8, 4) is 0 Å². The van der Waals surface area contributed by atoms with Crippen molar-refractivity contribution in [1.82, 2.24) is 0 Å². The first-order valence-corrected chi connectivity index (χ1v) is 4.68. The molecule has 1 rings (SSSR count). The van der Waals surface area contributed by atoms with E-state index in [0.717, 1.165) is 0 Å². The van der Waals surface area contributed by atoms with Crippen LogP contribution in [0.15, 0.2) is 48.6 Å². The largest absolute Gasteiger partial charge is 0.0988 e. The molecule has 0 heterocycles. The van der Waals surface area contributed by atoms with Crippen molar-refractivity contribution in [3.63, 3.8) is 0 Å². The molecule has 0 atom stereocenters. The van der Waals surface area contributed by atoms with Gasteiger partial charge in [0, 0.05) is 0 Å². The molecular formula is C13H18. The fourth-order valence-corrected chi connectivity index (χ4v) is 0.871. The average molecular weight is 174 g/mol. The van der Waals surface area contributed by atoms with E-state index in [1.807, 2.05) is 45.0 Å². The quantitative estimate of drug-likeness (QED) is 0.586. The van der Waals surface area contributed by atoms with Crippen LogP contribution in [0.3, 0.4) is 0 Å². The Hall–Kier alpha value is -1.30. The van der Waals surface area contributed by atoms with Crippen LogP contribution < -0.4 is 0 Å². The highest BCUT2D eigenvalue weighted by Gasteiger charge is 1.83. The Morgan fingerprint density at radius 3 is 2.15 bits per heavy atom. The second-order valence-corrected chi connectivity index (χ2v) is 2.50. The Morgan fingerprint density at radius 1 is 1.15 bits per heavy atom. The number of rotatable bonds is 2. The van der Waals surface area contributed by atoms with Crippen LogP contribution in [0, 0.1) is 0 Å². The van der Waals surface area contributed by atoms with Crippen molar-refractivity contribution in [2.45, 2.75) is 20.8 Å². The monoisotopic (exact) mass is 174 g/mol. The Labute approximate surface area is 81.6 Å². The molecular weight excluding hydrogens is 156 g/mol. The molecule has 0 aliphatic carbocycles. The van der Waals surface area contributed by atoms with Crippen LogP contribution in [0.2, 0.25) is 0 Å². The number of benzene rings is 1. The van der Waals surface area contributed by atoms with Crippen molar-refractivity contribution in [2.24, 2.45) is 0 Å². The van der Waals surface area contributed by atoms with E-state index in [1.165, 1.54) is 11.1 Å². The Kier molecular flexibility index (Phi) is 6.62. The second-order valence-electron chi connectivity index (χ2n) is 2.50. The van der Waals surface area contributed by atoms with Gasteiger partial charge in [0.25, 0.3) is 0 Å². The zero-order chi connectivity index (χ0) is 10.1. The average Bonchev–Trinajstić information content (AvgIpc) is 2.22. The van der Waals surface area contributed by atoms with E-state index >= 15 is 0 Å². The lowest BCUT2D eigenvalue weighted by Crippen LogP contribution is -1.70. The third-order valence-corrected chi connectivity index (χ3v) is 1.52. The van der Waals surface area contributed by atoms with Crippen molar-refractivity contribution in [2.75, 3.05) is 0 Å². The normalized spacial score (nSPS) is 9.92. The molecule has 0 aliphatic rings. The van der Waals surface area contributed by atoms with Crippen LogP contribution in [0.25, 0.3) is 6.08 Å². The Morgan fingerprint density at radius 2 is 1.69 bits per heavy atom. The zero-order valence-electron chi connectivity index (χ0n) is 8.75. The van der Waals surface area contributed by atoms with Gasteiger partial charge in [-0.2, -0.15) is 0 Å². The molecule has 0 heteroatoms. The third kappa shape index (κ3) is 5.02. The van der Waals surface area contributed by atoms with Gasteiger partial charge in [-0.3, -0.25) is 0 Å². The van der Waals surface area contributed by atoms with Gasteiger partial charge in [0.1, 0.15) is 0 Å². The van der Waals surface area contributed by atoms with Crippen molar-refractivity contribution in [1.29, 1.82) is 0 Å². The minimum atomic E-state index is 1.19. The molecule has 0 spiro atoms. The minimum absolute atomic E-state index is 1.19. The number of hydrogen-bond acceptors (Lipinski definition) is 0. The molecule has 0 unspecified atom stereocenters. The molecule has 0 radical (unpaired) electrons. The van der Waals surface area contributed by atoms with E-state index in [0.29, 0.717) is 0 Å². The van der Waals surface area contributed by atoms with Gasteiger partial charge >= 0.3 is 0 Å². The van der Waals surface area contributed by atoms with Gasteiger partial charge in [0.15, 0.2) is 0 Å². The molecule has 0 aromatic heterocycles. The fourth-order valence-electron chi connectivity index (χ4n) is 0.871. The van der Waals surface area contributed by atoms with Gasteiger partial charge in [-0.05, 0) is 12.5 Å². The summed E-state index contributed by atoms with van der Waals surface area (Å²) in [4.78, 5) is 0. The highest BCUT2D eigenvalue weighted by atomic mass is 13.9. The van der Waals surface area contributed by atoms with Gasteiger partial charge in [-0.15, -0.1) is 0 Å². The number of allylic oxidation sites excluding steroid dienone is 2. The highest BCUT2D eigenvalue weighted by molar-refractivity contribution is 5.54. The van der Waals surface area contributed by atoms with E-state index in [2.05, 4.69) is 24.8 Å². The van der Waals surface area contributed by atoms with E-state index < -0.39 is 0 Å². The van der Waals surface area contributed by atoms with E-state index in [-0.39, 0.29) is 0 Å². The van der Waals surface area contributed by atoms with Crippen LogP contribution in [0.4, 0.5) is 0 Å². The summed E-state index contributed by atoms with van der Waals surface area (Å²) in [6.45, 7) is 9.73. The molecule has 0 saturated heterocycles. The molecule has 0 saturated carbocycles. The predicted molar refractivity (Wildman–Crippen MR) is 61.6 cm³/mol. The maximum atomic E-state index is 3.69. The minimum Gasteiger partial charge on any atom is -0.0988 e. The van der Waals surface area contributed by atoms with Crippen LogP contribution in [0.1, 0.15) is 26.3 Å². The summed E-state index contributed by atoms with van der Waals surface area (Å²) in [5.41, 5.74) is 2.42. The van der Waals surface area contributed by atoms with Crippen molar-refractivity contribution < 1.29 is 0 Å². The lowest BCUT2D eigenvalue weighted by Gasteiger charge is -1.92. The van der Waals surface area contributed by atoms with Gasteiger partial charge in [-0.25, -0.2) is 0 Å². The molecule has 0 N–H and O–H groups in total. The van der Waals surface area contributed by atoms with E-state index in [9.17, 15) is 0 Å². The summed E-state index contributed by atoms with van der Waals surface area (Å²) in [6, 6.07) is 10.2. The molecule has 0 aliphatic heterocycles. The van der Waals surface area contributed by atoms with E-state index in [1.54, 1.807) is 0 Å². The molecule has 13 heavy (non-hydrogen) atoms. The molecule has 0 nitrogen and oxygen atoms in total. The first-order chi connectivity index (χ1) is 6.33. The van der Waals surface area contributed by atoms with Gasteiger partial charge in [0.2, 0.25) is 0 Å². The summed E-state index contributed by atoms with van der Waals surface area (Å²) in [5, 5.41) is 0. The van der Waals surface area contributed by atoms with Gasteiger partial charge in [0.05, 0.1) is 0 Å². The summed E-state index contributed by atoms with van der Waals surface area (Å²) < 4.78 is 0. The maximum Gasteiger partial charge on any atom is -0.0254 e. The lowest BCUT2D eigenvalue weighted by atomic mass is 10.1. The predicted octanol–water partition coefficient (Wildman–Crippen LogP) is 4.30. The molecule has 0 amide bonds. The maximum absolute atomic E-state index is 3.69. The first-order valence-electron chi connectivity index (χ1n) is 4.68.